The lowest BCUT2D eigenvalue weighted by Gasteiger charge is -2.07. The first-order valence-electron chi connectivity index (χ1n) is 4.86. The summed E-state index contributed by atoms with van der Waals surface area (Å²) in [7, 11) is 0. The summed E-state index contributed by atoms with van der Waals surface area (Å²) in [4.78, 5) is 0. The number of hydrogen-bond acceptors (Lipinski definition) is 3. The summed E-state index contributed by atoms with van der Waals surface area (Å²) in [6, 6.07) is 9.01. The van der Waals surface area contributed by atoms with Gasteiger partial charge in [0.25, 0.3) is 0 Å². The molecule has 0 aliphatic carbocycles. The highest BCUT2D eigenvalue weighted by Crippen LogP contribution is 2.23. The fraction of sp³-hybridized carbons (Fsp3) is 0.0833. The first-order valence-corrected chi connectivity index (χ1v) is 6.03. The first-order chi connectivity index (χ1) is 8.20. The van der Waals surface area contributed by atoms with Crippen molar-refractivity contribution in [2.24, 2.45) is 0 Å². The minimum absolute atomic E-state index is 0.489. The van der Waals surface area contributed by atoms with Gasteiger partial charge in [-0.1, -0.05) is 11.6 Å². The summed E-state index contributed by atoms with van der Waals surface area (Å²) in [5, 5.41) is 12.7. The molecule has 1 aromatic heterocycles. The molecule has 2 aromatic rings. The van der Waals surface area contributed by atoms with E-state index in [-0.39, 0.29) is 0 Å². The maximum Gasteiger partial charge on any atom is 0.136 e. The zero-order valence-electron chi connectivity index (χ0n) is 8.71. The van der Waals surface area contributed by atoms with E-state index in [4.69, 9.17) is 21.3 Å². The first kappa shape index (κ1) is 12.0. The molecule has 0 fully saturated rings. The minimum atomic E-state index is 0.489. The van der Waals surface area contributed by atoms with Crippen molar-refractivity contribution in [3.8, 4) is 6.07 Å². The average Bonchev–Trinajstić information content (AvgIpc) is 2.72. The lowest BCUT2D eigenvalue weighted by molar-refractivity contribution is 0.516. The van der Waals surface area contributed by atoms with E-state index in [0.717, 1.165) is 10.2 Å². The molecule has 1 aromatic carbocycles. The van der Waals surface area contributed by atoms with E-state index < -0.39 is 0 Å². The number of halogens is 2. The number of nitriles is 1. The average molecular weight is 312 g/mol. The number of benzene rings is 1. The van der Waals surface area contributed by atoms with Gasteiger partial charge in [0.05, 0.1) is 28.5 Å². The van der Waals surface area contributed by atoms with Gasteiger partial charge in [-0.3, -0.25) is 0 Å². The Morgan fingerprint density at radius 2 is 2.24 bits per heavy atom. The van der Waals surface area contributed by atoms with E-state index in [1.54, 1.807) is 24.5 Å². The van der Waals surface area contributed by atoms with E-state index in [0.29, 0.717) is 22.8 Å². The highest BCUT2D eigenvalue weighted by molar-refractivity contribution is 9.10. The standard InChI is InChI=1S/C12H8BrClN2O/c13-10-3-4-17-12(10)7-16-11-5-9(14)2-1-8(11)6-15/h1-5,16H,7H2. The minimum Gasteiger partial charge on any atom is -0.466 e. The fourth-order valence-corrected chi connectivity index (χ4v) is 1.90. The van der Waals surface area contributed by atoms with Crippen LogP contribution in [-0.4, -0.2) is 0 Å². The Morgan fingerprint density at radius 1 is 1.41 bits per heavy atom. The van der Waals surface area contributed by atoms with Crippen LogP contribution in [0.15, 0.2) is 39.4 Å². The van der Waals surface area contributed by atoms with E-state index in [2.05, 4.69) is 27.3 Å². The molecule has 1 heterocycles. The molecular weight excluding hydrogens is 304 g/mol. The van der Waals surface area contributed by atoms with Crippen molar-refractivity contribution in [3.05, 3.63) is 51.3 Å². The number of nitrogens with zero attached hydrogens (tertiary/aromatic N) is 1. The molecule has 0 saturated carbocycles. The third kappa shape index (κ3) is 2.82. The molecule has 5 heteroatoms. The SMILES string of the molecule is N#Cc1ccc(Cl)cc1NCc1occc1Br. The summed E-state index contributed by atoms with van der Waals surface area (Å²) >= 11 is 9.25. The number of hydrogen-bond donors (Lipinski definition) is 1. The predicted molar refractivity (Wildman–Crippen MR) is 69.9 cm³/mol. The van der Waals surface area contributed by atoms with Crippen LogP contribution in [0.1, 0.15) is 11.3 Å². The van der Waals surface area contributed by atoms with Crippen LogP contribution in [0.2, 0.25) is 5.02 Å². The Labute approximate surface area is 112 Å². The zero-order valence-corrected chi connectivity index (χ0v) is 11.0. The van der Waals surface area contributed by atoms with Gasteiger partial charge in [0, 0.05) is 5.02 Å². The molecule has 0 spiro atoms. The van der Waals surface area contributed by atoms with Crippen LogP contribution in [-0.2, 0) is 6.54 Å². The van der Waals surface area contributed by atoms with Gasteiger partial charge in [0.1, 0.15) is 11.8 Å². The van der Waals surface area contributed by atoms with Crippen LogP contribution in [0.25, 0.3) is 0 Å². The summed E-state index contributed by atoms with van der Waals surface area (Å²) in [6.45, 7) is 0.489. The van der Waals surface area contributed by atoms with Crippen molar-refractivity contribution in [1.29, 1.82) is 5.26 Å². The Kier molecular flexibility index (Phi) is 3.72. The van der Waals surface area contributed by atoms with Gasteiger partial charge in [0.2, 0.25) is 0 Å². The number of furan rings is 1. The van der Waals surface area contributed by atoms with Crippen LogP contribution in [0, 0.1) is 11.3 Å². The van der Waals surface area contributed by atoms with Gasteiger partial charge in [-0.15, -0.1) is 0 Å². The van der Waals surface area contributed by atoms with Crippen LogP contribution in [0.5, 0.6) is 0 Å². The molecule has 0 aliphatic rings. The molecule has 86 valence electrons. The van der Waals surface area contributed by atoms with E-state index in [1.165, 1.54) is 0 Å². The Balaban J connectivity index is 2.17. The highest BCUT2D eigenvalue weighted by atomic mass is 79.9. The van der Waals surface area contributed by atoms with E-state index >= 15 is 0 Å². The molecule has 0 atom stereocenters. The number of rotatable bonds is 3. The Bertz CT molecular complexity index is 574. The largest absolute Gasteiger partial charge is 0.466 e. The van der Waals surface area contributed by atoms with Crippen molar-refractivity contribution in [2.45, 2.75) is 6.54 Å². The van der Waals surface area contributed by atoms with Gasteiger partial charge in [-0.2, -0.15) is 5.26 Å². The number of anilines is 1. The Hall–Kier alpha value is -1.44. The van der Waals surface area contributed by atoms with Crippen LogP contribution in [0.3, 0.4) is 0 Å². The molecule has 0 amide bonds. The molecule has 3 nitrogen and oxygen atoms in total. The summed E-state index contributed by atoms with van der Waals surface area (Å²) < 4.78 is 6.16. The predicted octanol–water partition coefficient (Wildman–Crippen LogP) is 4.18. The molecule has 1 N–H and O–H groups in total. The third-order valence-corrected chi connectivity index (χ3v) is 3.17. The molecule has 0 bridgehead atoms. The second-order valence-electron chi connectivity index (χ2n) is 3.35. The molecule has 0 aliphatic heterocycles. The second-order valence-corrected chi connectivity index (χ2v) is 4.64. The zero-order chi connectivity index (χ0) is 12.3. The second kappa shape index (κ2) is 5.26. The Morgan fingerprint density at radius 3 is 2.88 bits per heavy atom. The van der Waals surface area contributed by atoms with Gasteiger partial charge >= 0.3 is 0 Å². The highest BCUT2D eigenvalue weighted by Gasteiger charge is 2.06. The maximum absolute atomic E-state index is 8.96. The van der Waals surface area contributed by atoms with Crippen LogP contribution >= 0.6 is 27.5 Å². The van der Waals surface area contributed by atoms with Gasteiger partial charge in [-0.05, 0) is 40.2 Å². The van der Waals surface area contributed by atoms with Crippen molar-refractivity contribution < 1.29 is 4.42 Å². The van der Waals surface area contributed by atoms with Crippen LogP contribution < -0.4 is 5.32 Å². The fourth-order valence-electron chi connectivity index (χ4n) is 1.39. The number of nitrogens with one attached hydrogen (secondary N) is 1. The summed E-state index contributed by atoms with van der Waals surface area (Å²) in [6.07, 6.45) is 1.60. The van der Waals surface area contributed by atoms with Crippen molar-refractivity contribution in [1.82, 2.24) is 0 Å². The van der Waals surface area contributed by atoms with Gasteiger partial charge in [0.15, 0.2) is 0 Å². The molecule has 0 radical (unpaired) electrons. The topological polar surface area (TPSA) is 49.0 Å². The van der Waals surface area contributed by atoms with E-state index in [9.17, 15) is 0 Å². The van der Waals surface area contributed by atoms with Crippen molar-refractivity contribution in [2.75, 3.05) is 5.32 Å². The maximum atomic E-state index is 8.96. The molecule has 0 unspecified atom stereocenters. The lowest BCUT2D eigenvalue weighted by atomic mass is 10.2. The van der Waals surface area contributed by atoms with E-state index in [1.807, 2.05) is 6.07 Å². The summed E-state index contributed by atoms with van der Waals surface area (Å²) in [5.74, 6) is 0.772. The smallest absolute Gasteiger partial charge is 0.136 e. The molecule has 0 saturated heterocycles. The molecule has 2 rings (SSSR count). The molecule has 17 heavy (non-hydrogen) atoms. The quantitative estimate of drug-likeness (QED) is 0.925. The van der Waals surface area contributed by atoms with Crippen molar-refractivity contribution >= 4 is 33.2 Å². The van der Waals surface area contributed by atoms with Crippen LogP contribution in [0.4, 0.5) is 5.69 Å². The third-order valence-electron chi connectivity index (χ3n) is 2.23. The van der Waals surface area contributed by atoms with Gasteiger partial charge in [-0.25, -0.2) is 0 Å². The van der Waals surface area contributed by atoms with Gasteiger partial charge < -0.3 is 9.73 Å². The summed E-state index contributed by atoms with van der Waals surface area (Å²) in [5.41, 5.74) is 1.25. The monoisotopic (exact) mass is 310 g/mol. The van der Waals surface area contributed by atoms with Crippen molar-refractivity contribution in [3.63, 3.8) is 0 Å². The molecular formula is C12H8BrClN2O. The normalized spacial score (nSPS) is 9.94. The lowest BCUT2D eigenvalue weighted by Crippen LogP contribution is -2.00.